The van der Waals surface area contributed by atoms with E-state index in [9.17, 15) is 9.59 Å². The molecule has 1 aromatic carbocycles. The van der Waals surface area contributed by atoms with Crippen molar-refractivity contribution in [3.8, 4) is 0 Å². The predicted molar refractivity (Wildman–Crippen MR) is 103 cm³/mol. The second kappa shape index (κ2) is 7.24. The van der Waals surface area contributed by atoms with E-state index < -0.39 is 10.3 Å². The van der Waals surface area contributed by atoms with Gasteiger partial charge in [-0.15, -0.1) is 0 Å². The molecule has 0 saturated heterocycles. The molecule has 0 amide bonds. The number of allylic oxidation sites excluding steroid dienone is 1. The minimum atomic E-state index is -0.836. The zero-order valence-electron chi connectivity index (χ0n) is 14.9. The minimum Gasteiger partial charge on any atom is -0.464 e. The lowest BCUT2D eigenvalue weighted by Gasteiger charge is -2.39. The number of hydrogen-bond donors (Lipinski definition) is 0. The van der Waals surface area contributed by atoms with Gasteiger partial charge in [-0.1, -0.05) is 30.0 Å². The third-order valence-corrected chi connectivity index (χ3v) is 7.03. The van der Waals surface area contributed by atoms with E-state index in [0.717, 1.165) is 11.4 Å². The highest BCUT2D eigenvalue weighted by Gasteiger charge is 2.56. The smallest absolute Gasteiger partial charge is 0.365 e. The maximum absolute atomic E-state index is 12.4. The van der Waals surface area contributed by atoms with Gasteiger partial charge >= 0.3 is 11.9 Å². The summed E-state index contributed by atoms with van der Waals surface area (Å²) in [5, 5.41) is 6.46. The van der Waals surface area contributed by atoms with Crippen LogP contribution < -0.4 is 5.01 Å². The van der Waals surface area contributed by atoms with E-state index >= 15 is 0 Å². The molecule has 0 bridgehead atoms. The summed E-state index contributed by atoms with van der Waals surface area (Å²) < 4.78 is 9.19. The lowest BCUT2D eigenvalue weighted by Crippen LogP contribution is -2.47. The average Bonchev–Trinajstić information content (AvgIpc) is 3.16. The van der Waals surface area contributed by atoms with Crippen LogP contribution in [0.3, 0.4) is 0 Å². The highest BCUT2D eigenvalue weighted by atomic mass is 32.2. The topological polar surface area (TPSA) is 71.4 Å². The molecule has 7 nitrogen and oxygen atoms in total. The standard InChI is InChI=1S/C17H19N3O4S2/c1-5-24-15(21)13-11(2)19(3)17(25-13)20(12-9-7-6-8-10-12)18-14(26-17)16(22)23-4/h6-10H,5H2,1-4H3. The van der Waals surface area contributed by atoms with Crippen molar-refractivity contribution in [2.45, 2.75) is 18.2 Å². The fourth-order valence-corrected chi connectivity index (χ4v) is 5.50. The number of methoxy groups -OCH3 is 1. The van der Waals surface area contributed by atoms with Crippen LogP contribution in [0.5, 0.6) is 0 Å². The van der Waals surface area contributed by atoms with Crippen molar-refractivity contribution < 1.29 is 19.1 Å². The van der Waals surface area contributed by atoms with Gasteiger partial charge in [0.1, 0.15) is 4.91 Å². The average molecular weight is 393 g/mol. The maximum Gasteiger partial charge on any atom is 0.365 e. The number of para-hydroxylation sites is 1. The first-order chi connectivity index (χ1) is 12.4. The summed E-state index contributed by atoms with van der Waals surface area (Å²) in [5.41, 5.74) is 1.57. The Balaban J connectivity index is 2.02. The Labute approximate surface area is 160 Å². The van der Waals surface area contributed by atoms with E-state index in [4.69, 9.17) is 9.47 Å². The molecule has 1 spiro atoms. The van der Waals surface area contributed by atoms with Gasteiger partial charge in [0.05, 0.1) is 19.4 Å². The molecule has 0 radical (unpaired) electrons. The number of esters is 2. The molecule has 9 heteroatoms. The lowest BCUT2D eigenvalue weighted by molar-refractivity contribution is -0.137. The molecule has 1 atom stereocenters. The summed E-state index contributed by atoms with van der Waals surface area (Å²) in [4.78, 5) is 26.9. The predicted octanol–water partition coefficient (Wildman–Crippen LogP) is 2.81. The van der Waals surface area contributed by atoms with Gasteiger partial charge in [0.15, 0.2) is 0 Å². The van der Waals surface area contributed by atoms with Crippen molar-refractivity contribution in [2.75, 3.05) is 25.8 Å². The van der Waals surface area contributed by atoms with Crippen molar-refractivity contribution in [3.63, 3.8) is 0 Å². The molecule has 0 saturated carbocycles. The maximum atomic E-state index is 12.4. The number of carbonyl (C=O) groups is 2. The highest BCUT2D eigenvalue weighted by Crippen LogP contribution is 2.58. The number of hydrogen-bond acceptors (Lipinski definition) is 9. The Morgan fingerprint density at radius 3 is 2.50 bits per heavy atom. The molecule has 26 heavy (non-hydrogen) atoms. The molecule has 2 heterocycles. The van der Waals surface area contributed by atoms with Crippen LogP contribution >= 0.6 is 23.5 Å². The van der Waals surface area contributed by atoms with Crippen LogP contribution in [0, 0.1) is 0 Å². The normalized spacial score (nSPS) is 22.1. The number of rotatable bonds is 4. The molecule has 0 aliphatic carbocycles. The number of nitrogens with zero attached hydrogens (tertiary/aromatic N) is 3. The fourth-order valence-electron chi connectivity index (χ4n) is 2.60. The fraction of sp³-hybridized carbons (Fsp3) is 0.353. The summed E-state index contributed by atoms with van der Waals surface area (Å²) in [6, 6.07) is 9.50. The molecule has 0 fully saturated rings. The molecular formula is C17H19N3O4S2. The van der Waals surface area contributed by atoms with Crippen molar-refractivity contribution in [3.05, 3.63) is 40.9 Å². The van der Waals surface area contributed by atoms with E-state index in [2.05, 4.69) is 5.10 Å². The molecule has 0 N–H and O–H groups in total. The van der Waals surface area contributed by atoms with Crippen LogP contribution in [0.25, 0.3) is 0 Å². The first kappa shape index (κ1) is 18.7. The number of benzene rings is 1. The Hall–Kier alpha value is -2.13. The first-order valence-corrected chi connectivity index (χ1v) is 9.60. The number of thioether (sulfide) groups is 2. The molecule has 2 aliphatic heterocycles. The Morgan fingerprint density at radius 1 is 1.19 bits per heavy atom. The summed E-state index contributed by atoms with van der Waals surface area (Å²) in [6.07, 6.45) is 0. The van der Waals surface area contributed by atoms with E-state index in [-0.39, 0.29) is 11.0 Å². The van der Waals surface area contributed by atoms with Gasteiger partial charge in [0, 0.05) is 12.7 Å². The molecule has 2 aliphatic rings. The zero-order chi connectivity index (χ0) is 18.9. The summed E-state index contributed by atoms with van der Waals surface area (Å²) in [7, 11) is 3.19. The first-order valence-electron chi connectivity index (χ1n) is 7.96. The van der Waals surface area contributed by atoms with Crippen LogP contribution in [0.2, 0.25) is 0 Å². The van der Waals surface area contributed by atoms with E-state index in [1.165, 1.54) is 30.6 Å². The van der Waals surface area contributed by atoms with E-state index in [1.54, 1.807) is 11.9 Å². The van der Waals surface area contributed by atoms with E-state index in [0.29, 0.717) is 11.5 Å². The van der Waals surface area contributed by atoms with Crippen molar-refractivity contribution in [1.29, 1.82) is 0 Å². The van der Waals surface area contributed by atoms with Crippen LogP contribution in [0.4, 0.5) is 5.69 Å². The third-order valence-electron chi connectivity index (χ3n) is 4.00. The van der Waals surface area contributed by atoms with Gasteiger partial charge in [0.2, 0.25) is 9.37 Å². The van der Waals surface area contributed by atoms with Gasteiger partial charge in [0.25, 0.3) is 0 Å². The van der Waals surface area contributed by atoms with Gasteiger partial charge < -0.3 is 14.4 Å². The lowest BCUT2D eigenvalue weighted by atomic mass is 10.3. The molecule has 0 aromatic heterocycles. The number of anilines is 1. The van der Waals surface area contributed by atoms with Crippen molar-refractivity contribution in [1.82, 2.24) is 4.90 Å². The Bertz CT molecular complexity index is 796. The van der Waals surface area contributed by atoms with Gasteiger partial charge in [-0.2, -0.15) is 5.10 Å². The van der Waals surface area contributed by atoms with Crippen LogP contribution in [-0.4, -0.2) is 47.0 Å². The second-order valence-corrected chi connectivity index (χ2v) is 8.09. The van der Waals surface area contributed by atoms with Crippen LogP contribution in [0.1, 0.15) is 13.8 Å². The third kappa shape index (κ3) is 2.95. The summed E-state index contributed by atoms with van der Waals surface area (Å²) >= 11 is 2.57. The number of hydrazone groups is 1. The van der Waals surface area contributed by atoms with Crippen molar-refractivity contribution >= 4 is 46.2 Å². The molecular weight excluding hydrogens is 374 g/mol. The van der Waals surface area contributed by atoms with Crippen molar-refractivity contribution in [2.24, 2.45) is 5.10 Å². The Morgan fingerprint density at radius 2 is 1.88 bits per heavy atom. The molecule has 1 unspecified atom stereocenters. The monoisotopic (exact) mass is 393 g/mol. The minimum absolute atomic E-state index is 0.230. The zero-order valence-corrected chi connectivity index (χ0v) is 16.5. The summed E-state index contributed by atoms with van der Waals surface area (Å²) in [5.74, 6) is -0.886. The Kier molecular flexibility index (Phi) is 5.19. The van der Waals surface area contributed by atoms with E-state index in [1.807, 2.05) is 49.2 Å². The second-order valence-electron chi connectivity index (χ2n) is 5.49. The number of carbonyl (C=O) groups excluding carboxylic acids is 2. The summed E-state index contributed by atoms with van der Waals surface area (Å²) in [6.45, 7) is 3.92. The largest absolute Gasteiger partial charge is 0.464 e. The van der Waals surface area contributed by atoms with Crippen LogP contribution in [0.15, 0.2) is 46.0 Å². The quantitative estimate of drug-likeness (QED) is 0.723. The van der Waals surface area contributed by atoms with Gasteiger partial charge in [-0.25, -0.2) is 14.6 Å². The molecule has 1 aromatic rings. The van der Waals surface area contributed by atoms with Gasteiger partial charge in [-0.05, 0) is 37.7 Å². The SMILES string of the molecule is CCOC(=O)C1=C(C)N(C)C2(SC(C(=O)OC)=NN2c2ccccc2)S1. The molecule has 138 valence electrons. The van der Waals surface area contributed by atoms with Gasteiger partial charge in [-0.3, -0.25) is 0 Å². The number of ether oxygens (including phenoxy) is 2. The highest BCUT2D eigenvalue weighted by molar-refractivity contribution is 8.28. The van der Waals surface area contributed by atoms with Crippen LogP contribution in [-0.2, 0) is 19.1 Å². The molecule has 3 rings (SSSR count).